The largest absolute Gasteiger partial charge is 0.549 e. The van der Waals surface area contributed by atoms with Crippen LogP contribution in [0.25, 0.3) is 0 Å². The van der Waals surface area contributed by atoms with Crippen molar-refractivity contribution in [2.24, 2.45) is 0 Å². The van der Waals surface area contributed by atoms with Crippen molar-refractivity contribution in [3.8, 4) is 0 Å². The summed E-state index contributed by atoms with van der Waals surface area (Å²) in [5.74, 6) is -3.02. The molecule has 1 fully saturated rings. The number of carboxylic acids is 3. The van der Waals surface area contributed by atoms with Gasteiger partial charge in [-0.25, -0.2) is 0 Å². The Balaban J connectivity index is 2.85. The lowest BCUT2D eigenvalue weighted by atomic mass is 10.3. The summed E-state index contributed by atoms with van der Waals surface area (Å²) < 4.78 is 0. The van der Waals surface area contributed by atoms with Crippen molar-refractivity contribution in [1.82, 2.24) is 19.6 Å². The molecular weight excluding hydrogens is 356 g/mol. The number of nitrogens with zero attached hydrogens (tertiary/aromatic N) is 4. The van der Waals surface area contributed by atoms with Crippen molar-refractivity contribution in [3.05, 3.63) is 0 Å². The lowest BCUT2D eigenvalue weighted by molar-refractivity contribution is -0.306. The van der Waals surface area contributed by atoms with Gasteiger partial charge in [0.15, 0.2) is 0 Å². The first-order valence-corrected chi connectivity index (χ1v) is 9.33. The van der Waals surface area contributed by atoms with Gasteiger partial charge in [0.25, 0.3) is 0 Å². The zero-order chi connectivity index (χ0) is 20.2. The van der Waals surface area contributed by atoms with Crippen molar-refractivity contribution in [2.45, 2.75) is 13.3 Å². The number of carbonyl (C=O) groups is 3. The van der Waals surface area contributed by atoms with Gasteiger partial charge in [-0.2, -0.15) is 0 Å². The maximum absolute atomic E-state index is 11.1. The van der Waals surface area contributed by atoms with Crippen molar-refractivity contribution >= 4 is 17.9 Å². The van der Waals surface area contributed by atoms with Crippen LogP contribution in [0.3, 0.4) is 0 Å². The second kappa shape index (κ2) is 12.6. The highest BCUT2D eigenvalue weighted by Gasteiger charge is 2.18. The number of aliphatic carboxylic acids is 3. The van der Waals surface area contributed by atoms with Gasteiger partial charge in [0.1, 0.15) is 0 Å². The SMILES string of the molecule is CCCN1CCN(CC(=O)[O-])CCN(CC(=O)O)CCN(CC(=O)O)CC1. The molecule has 0 aliphatic carbocycles. The minimum absolute atomic E-state index is 0.0856. The van der Waals surface area contributed by atoms with E-state index in [4.69, 9.17) is 10.2 Å². The molecule has 1 aliphatic heterocycles. The molecule has 10 nitrogen and oxygen atoms in total. The summed E-state index contributed by atoms with van der Waals surface area (Å²) in [5, 5.41) is 29.2. The normalized spacial score (nSPS) is 19.9. The molecule has 10 heteroatoms. The van der Waals surface area contributed by atoms with E-state index in [1.54, 1.807) is 9.80 Å². The molecule has 0 aromatic heterocycles. The van der Waals surface area contributed by atoms with Crippen molar-refractivity contribution in [1.29, 1.82) is 0 Å². The fourth-order valence-electron chi connectivity index (χ4n) is 3.16. The van der Waals surface area contributed by atoms with Gasteiger partial charge in [-0.3, -0.25) is 24.3 Å². The average molecular weight is 387 g/mol. The van der Waals surface area contributed by atoms with Crippen LogP contribution in [0.1, 0.15) is 13.3 Å². The molecule has 0 unspecified atom stereocenters. The van der Waals surface area contributed by atoms with Gasteiger partial charge in [-0.15, -0.1) is 0 Å². The van der Waals surface area contributed by atoms with Crippen molar-refractivity contribution in [2.75, 3.05) is 78.5 Å². The van der Waals surface area contributed by atoms with E-state index in [1.807, 2.05) is 4.90 Å². The van der Waals surface area contributed by atoms with Gasteiger partial charge < -0.3 is 25.0 Å². The highest BCUT2D eigenvalue weighted by Crippen LogP contribution is 2.01. The van der Waals surface area contributed by atoms with Crippen LogP contribution in [-0.4, -0.2) is 126 Å². The highest BCUT2D eigenvalue weighted by molar-refractivity contribution is 5.69. The van der Waals surface area contributed by atoms with Crippen LogP contribution in [0.2, 0.25) is 0 Å². The predicted octanol–water partition coefficient (Wildman–Crippen LogP) is -2.46. The number of rotatable bonds is 8. The van der Waals surface area contributed by atoms with E-state index in [0.29, 0.717) is 52.4 Å². The molecule has 1 rings (SSSR count). The minimum Gasteiger partial charge on any atom is -0.549 e. The molecule has 1 heterocycles. The maximum atomic E-state index is 11.1. The van der Waals surface area contributed by atoms with Crippen LogP contribution in [0.4, 0.5) is 0 Å². The van der Waals surface area contributed by atoms with E-state index < -0.39 is 17.9 Å². The summed E-state index contributed by atoms with van der Waals surface area (Å²) in [6, 6.07) is 0. The summed E-state index contributed by atoms with van der Waals surface area (Å²) in [6.45, 7) is 6.59. The predicted molar refractivity (Wildman–Crippen MR) is 96.3 cm³/mol. The molecule has 1 saturated heterocycles. The second-order valence-electron chi connectivity index (χ2n) is 6.83. The number of hydrogen-bond acceptors (Lipinski definition) is 8. The van der Waals surface area contributed by atoms with E-state index in [1.165, 1.54) is 0 Å². The fraction of sp³-hybridized carbons (Fsp3) is 0.824. The molecule has 0 radical (unpaired) electrons. The maximum Gasteiger partial charge on any atom is 0.317 e. The first-order chi connectivity index (χ1) is 12.8. The van der Waals surface area contributed by atoms with Gasteiger partial charge in [-0.1, -0.05) is 6.92 Å². The second-order valence-corrected chi connectivity index (χ2v) is 6.83. The summed E-state index contributed by atoms with van der Waals surface area (Å²) in [4.78, 5) is 40.7. The van der Waals surface area contributed by atoms with Crippen LogP contribution >= 0.6 is 0 Å². The van der Waals surface area contributed by atoms with Gasteiger partial charge >= 0.3 is 11.9 Å². The zero-order valence-corrected chi connectivity index (χ0v) is 16.0. The molecule has 0 bridgehead atoms. The van der Waals surface area contributed by atoms with Gasteiger partial charge in [-0.05, 0) is 13.0 Å². The van der Waals surface area contributed by atoms with Crippen molar-refractivity contribution < 1.29 is 29.7 Å². The summed E-state index contributed by atoms with van der Waals surface area (Å²) in [7, 11) is 0. The quantitative estimate of drug-likeness (QED) is 0.463. The van der Waals surface area contributed by atoms with Crippen LogP contribution in [-0.2, 0) is 14.4 Å². The third-order valence-electron chi connectivity index (χ3n) is 4.54. The molecule has 0 aromatic rings. The lowest BCUT2D eigenvalue weighted by Crippen LogP contribution is -2.49. The summed E-state index contributed by atoms with van der Waals surface area (Å²) >= 11 is 0. The molecule has 0 saturated carbocycles. The number of carboxylic acid groups (broad SMARTS) is 3. The van der Waals surface area contributed by atoms with Crippen LogP contribution in [0.5, 0.6) is 0 Å². The Bertz CT molecular complexity index is 458. The Kier molecular flexibility index (Phi) is 10.9. The standard InChI is InChI=1S/C17H32N4O6/c1-2-3-18-4-6-19(12-15(22)23)8-10-21(14-17(26)27)11-9-20(7-5-18)13-16(24)25/h2-14H2,1H3,(H,22,23)(H,24,25)(H,26,27)/p-1. The lowest BCUT2D eigenvalue weighted by Gasteiger charge is -2.33. The van der Waals surface area contributed by atoms with Crippen LogP contribution in [0, 0.1) is 0 Å². The number of carbonyl (C=O) groups excluding carboxylic acids is 1. The molecule has 0 aromatic carbocycles. The Labute approximate surface area is 159 Å². The van der Waals surface area contributed by atoms with E-state index in [-0.39, 0.29) is 19.6 Å². The van der Waals surface area contributed by atoms with E-state index >= 15 is 0 Å². The molecule has 27 heavy (non-hydrogen) atoms. The van der Waals surface area contributed by atoms with E-state index in [2.05, 4.69) is 11.8 Å². The molecular formula is C17H31N4O6-. The Morgan fingerprint density at radius 1 is 0.704 bits per heavy atom. The minimum atomic E-state index is -1.15. The molecule has 1 aliphatic rings. The Hall–Kier alpha value is -1.75. The molecule has 0 spiro atoms. The number of hydrogen-bond donors (Lipinski definition) is 2. The monoisotopic (exact) mass is 387 g/mol. The Morgan fingerprint density at radius 3 is 1.33 bits per heavy atom. The highest BCUT2D eigenvalue weighted by atomic mass is 16.4. The average Bonchev–Trinajstić information content (AvgIpc) is 2.56. The van der Waals surface area contributed by atoms with Gasteiger partial charge in [0.2, 0.25) is 0 Å². The van der Waals surface area contributed by atoms with E-state index in [0.717, 1.165) is 13.0 Å². The third kappa shape index (κ3) is 10.9. The molecule has 0 atom stereocenters. The van der Waals surface area contributed by atoms with Gasteiger partial charge in [0, 0.05) is 58.9 Å². The van der Waals surface area contributed by atoms with Crippen LogP contribution in [0.15, 0.2) is 0 Å². The van der Waals surface area contributed by atoms with E-state index in [9.17, 15) is 19.5 Å². The fourth-order valence-corrected chi connectivity index (χ4v) is 3.16. The summed E-state index contributed by atoms with van der Waals surface area (Å²) in [5.41, 5.74) is 0. The molecule has 0 amide bonds. The topological polar surface area (TPSA) is 128 Å². The van der Waals surface area contributed by atoms with Crippen molar-refractivity contribution in [3.63, 3.8) is 0 Å². The molecule has 2 N–H and O–H groups in total. The van der Waals surface area contributed by atoms with Crippen LogP contribution < -0.4 is 5.11 Å². The molecule has 156 valence electrons. The Morgan fingerprint density at radius 2 is 1.04 bits per heavy atom. The smallest absolute Gasteiger partial charge is 0.317 e. The first-order valence-electron chi connectivity index (χ1n) is 9.33. The zero-order valence-electron chi connectivity index (χ0n) is 16.0. The first kappa shape index (κ1) is 23.3. The summed E-state index contributed by atoms with van der Waals surface area (Å²) in [6.07, 6.45) is 0.950. The third-order valence-corrected chi connectivity index (χ3v) is 4.54. The van der Waals surface area contributed by atoms with Gasteiger partial charge in [0.05, 0.1) is 19.1 Å².